The van der Waals surface area contributed by atoms with E-state index in [4.69, 9.17) is 32.8 Å². The number of benzene rings is 6. The number of halogens is 1. The predicted molar refractivity (Wildman–Crippen MR) is 281 cm³/mol. The number of carbonyl (C=O) groups excluding carboxylic acids is 2. The molecule has 0 fully saturated rings. The van der Waals surface area contributed by atoms with E-state index in [0.29, 0.717) is 59.1 Å². The first kappa shape index (κ1) is 51.5. The summed E-state index contributed by atoms with van der Waals surface area (Å²) in [6.45, 7) is 5.65. The lowest BCUT2D eigenvalue weighted by Crippen LogP contribution is -2.49. The van der Waals surface area contributed by atoms with Gasteiger partial charge < -0.3 is 22.8 Å². The van der Waals surface area contributed by atoms with E-state index < -0.39 is 39.9 Å². The number of nitrogens with zero attached hydrogens (tertiary/aromatic N) is 4. The maximum Gasteiger partial charge on any atom is 0.343 e. The van der Waals surface area contributed by atoms with Crippen molar-refractivity contribution in [2.45, 2.75) is 70.9 Å². The van der Waals surface area contributed by atoms with E-state index >= 15 is 4.39 Å². The van der Waals surface area contributed by atoms with Crippen molar-refractivity contribution in [1.29, 1.82) is 0 Å². The van der Waals surface area contributed by atoms with E-state index in [1.54, 1.807) is 49.4 Å². The molecule has 0 aliphatic rings. The predicted octanol–water partition coefficient (Wildman–Crippen LogP) is 12.1. The molecule has 3 aromatic heterocycles. The lowest BCUT2D eigenvalue weighted by molar-refractivity contribution is -0.187. The van der Waals surface area contributed by atoms with Crippen molar-refractivity contribution in [2.24, 2.45) is 0 Å². The highest BCUT2D eigenvalue weighted by molar-refractivity contribution is 7.88. The van der Waals surface area contributed by atoms with Gasteiger partial charge in [-0.2, -0.15) is 0 Å². The summed E-state index contributed by atoms with van der Waals surface area (Å²) in [5, 5.41) is 0. The Morgan fingerprint density at radius 3 is 1.59 bits per heavy atom. The van der Waals surface area contributed by atoms with Crippen molar-refractivity contribution >= 4 is 21.9 Å². The number of rotatable bonds is 20. The molecule has 0 aliphatic carbocycles. The second-order valence-electron chi connectivity index (χ2n) is 18.3. The topological polar surface area (TPSA) is 168 Å². The minimum absolute atomic E-state index is 0.0340. The van der Waals surface area contributed by atoms with E-state index in [2.05, 4.69) is 4.98 Å². The first-order valence-corrected chi connectivity index (χ1v) is 26.4. The van der Waals surface area contributed by atoms with Crippen LogP contribution in [0.2, 0.25) is 0 Å². The van der Waals surface area contributed by atoms with E-state index in [1.165, 1.54) is 24.3 Å². The van der Waals surface area contributed by atoms with Crippen LogP contribution in [0.3, 0.4) is 0 Å². The second kappa shape index (κ2) is 22.8. The van der Waals surface area contributed by atoms with Gasteiger partial charge in [-0.05, 0) is 117 Å². The first-order valence-electron chi connectivity index (χ1n) is 24.6. The Morgan fingerprint density at radius 1 is 0.587 bits per heavy atom. The van der Waals surface area contributed by atoms with Crippen LogP contribution in [0.15, 0.2) is 183 Å². The molecule has 1 amide bonds. The molecule has 2 atom stereocenters. The number of hydrogen-bond acceptors (Lipinski definition) is 12. The average Bonchev–Trinajstić information content (AvgIpc) is 4.13. The molecule has 0 saturated carbocycles. The smallest absolute Gasteiger partial charge is 0.343 e. The molecule has 2 unspecified atom stereocenters. The summed E-state index contributed by atoms with van der Waals surface area (Å²) in [7, 11) is -4.77. The van der Waals surface area contributed by atoms with Crippen LogP contribution in [0.5, 0.6) is 5.75 Å². The number of hydrogen-bond donors (Lipinski definition) is 0. The number of amides is 1. The van der Waals surface area contributed by atoms with E-state index in [0.717, 1.165) is 46.7 Å². The third-order valence-electron chi connectivity index (χ3n) is 12.8. The number of oxazole rings is 3. The highest BCUT2D eigenvalue weighted by Crippen LogP contribution is 2.36. The minimum Gasteiger partial charge on any atom is -0.493 e. The monoisotopic (exact) mass is 1030 g/mol. The highest BCUT2D eigenvalue weighted by Gasteiger charge is 2.49. The quantitative estimate of drug-likeness (QED) is 0.0664. The van der Waals surface area contributed by atoms with Gasteiger partial charge in [0.2, 0.25) is 23.3 Å². The van der Waals surface area contributed by atoms with Gasteiger partial charge in [-0.3, -0.25) is 4.79 Å². The fourth-order valence-electron chi connectivity index (χ4n) is 8.80. The largest absolute Gasteiger partial charge is 0.493 e. The maximum atomic E-state index is 18.0. The molecule has 6 aromatic carbocycles. The van der Waals surface area contributed by atoms with Crippen LogP contribution < -0.4 is 4.74 Å². The zero-order valence-electron chi connectivity index (χ0n) is 41.9. The van der Waals surface area contributed by atoms with Gasteiger partial charge in [-0.25, -0.2) is 32.6 Å². The van der Waals surface area contributed by atoms with Crippen LogP contribution in [0.4, 0.5) is 4.39 Å². The summed E-state index contributed by atoms with van der Waals surface area (Å²) < 4.78 is 69.1. The zero-order valence-corrected chi connectivity index (χ0v) is 42.8. The van der Waals surface area contributed by atoms with Gasteiger partial charge in [0.1, 0.15) is 28.9 Å². The number of hydroxylamine groups is 1. The lowest BCUT2D eigenvalue weighted by atomic mass is 9.88. The number of alkyl halides is 1. The standard InChI is InChI=1S/C60H55FN4O9S/c1-40-52(62-55(71-40)46-19-9-5-10-20-46)27-17-18-43-28-30-44(31-29-43)38-51(54-42(3)73-57(64-54)48-23-13-7-14-24-48)58(66)74-65(75(4,68)69)59(67)60(61,49-25-15-8-16-26-49)39-45-32-34-50(35-33-45)70-37-36-53-41(2)72-56(63-53)47-21-11-6-12-22-47/h5-16,19-26,28-35,51H,17-18,27,36-39H2,1-4H3. The fourth-order valence-corrected chi connectivity index (χ4v) is 9.45. The third-order valence-corrected chi connectivity index (χ3v) is 13.7. The summed E-state index contributed by atoms with van der Waals surface area (Å²) in [4.78, 5) is 49.1. The molecule has 382 valence electrons. The highest BCUT2D eigenvalue weighted by atomic mass is 32.2. The SMILES string of the molecule is Cc1oc(-c2ccccc2)nc1CCCc1ccc(CC(C(=O)ON(C(=O)C(F)(Cc2ccc(OCCc3nc(-c4ccccc4)oc3C)cc2)c2ccccc2)S(C)(=O)=O)c2nc(-c3ccccc3)oc2C)cc1. The zero-order chi connectivity index (χ0) is 52.5. The van der Waals surface area contributed by atoms with Gasteiger partial charge in [0.15, 0.2) is 0 Å². The Labute approximate surface area is 435 Å². The molecule has 0 aliphatic heterocycles. The van der Waals surface area contributed by atoms with Crippen molar-refractivity contribution in [3.8, 4) is 40.1 Å². The van der Waals surface area contributed by atoms with E-state index in [9.17, 15) is 18.0 Å². The number of carbonyl (C=O) groups is 2. The minimum atomic E-state index is -4.77. The molecular formula is C60H55FN4O9S. The number of ether oxygens (including phenoxy) is 1. The summed E-state index contributed by atoms with van der Waals surface area (Å²) in [6.07, 6.45) is 2.72. The number of sulfonamides is 1. The van der Waals surface area contributed by atoms with Crippen LogP contribution in [0.1, 0.15) is 69.0 Å². The Hall–Kier alpha value is -8.43. The van der Waals surface area contributed by atoms with E-state index in [-0.39, 0.29) is 40.4 Å². The van der Waals surface area contributed by atoms with Crippen LogP contribution >= 0.6 is 0 Å². The molecule has 0 spiro atoms. The third kappa shape index (κ3) is 12.3. The molecule has 75 heavy (non-hydrogen) atoms. The Kier molecular flexibility index (Phi) is 15.6. The van der Waals surface area contributed by atoms with Gasteiger partial charge in [-0.15, -0.1) is 0 Å². The molecule has 3 heterocycles. The molecule has 13 nitrogen and oxygen atoms in total. The summed E-state index contributed by atoms with van der Waals surface area (Å²) >= 11 is 0. The molecule has 0 radical (unpaired) electrons. The molecule has 9 rings (SSSR count). The van der Waals surface area contributed by atoms with Crippen molar-refractivity contribution < 1.29 is 45.2 Å². The van der Waals surface area contributed by atoms with Crippen molar-refractivity contribution in [1.82, 2.24) is 19.4 Å². The van der Waals surface area contributed by atoms with Crippen LogP contribution in [-0.2, 0) is 62.2 Å². The van der Waals surface area contributed by atoms with E-state index in [1.807, 2.05) is 117 Å². The van der Waals surface area contributed by atoms with Gasteiger partial charge in [-0.1, -0.05) is 126 Å². The average molecular weight is 1030 g/mol. The molecule has 0 saturated heterocycles. The summed E-state index contributed by atoms with van der Waals surface area (Å²) in [5.41, 5.74) is 3.08. The fraction of sp³-hybridized carbons (Fsp3) is 0.217. The van der Waals surface area contributed by atoms with Crippen LogP contribution in [0, 0.1) is 20.8 Å². The lowest BCUT2D eigenvalue weighted by Gasteiger charge is -2.30. The second-order valence-corrected chi connectivity index (χ2v) is 20.1. The molecular weight excluding hydrogens is 972 g/mol. The summed E-state index contributed by atoms with van der Waals surface area (Å²) in [6, 6.07) is 49.9. The summed E-state index contributed by atoms with van der Waals surface area (Å²) in [5.74, 6) is -0.578. The van der Waals surface area contributed by atoms with Gasteiger partial charge in [0.25, 0.3) is 10.0 Å². The number of aromatic nitrogens is 3. The Morgan fingerprint density at radius 2 is 1.05 bits per heavy atom. The molecule has 0 bridgehead atoms. The van der Waals surface area contributed by atoms with Crippen molar-refractivity contribution in [3.05, 3.63) is 226 Å². The number of aryl methyl sites for hydroxylation is 5. The van der Waals surface area contributed by atoms with Gasteiger partial charge in [0.05, 0.1) is 29.9 Å². The molecule has 0 N–H and O–H groups in total. The molecule has 9 aromatic rings. The maximum absolute atomic E-state index is 18.0. The van der Waals surface area contributed by atoms with Crippen LogP contribution in [0.25, 0.3) is 34.4 Å². The van der Waals surface area contributed by atoms with Gasteiger partial charge in [0, 0.05) is 29.5 Å². The van der Waals surface area contributed by atoms with Crippen molar-refractivity contribution in [2.75, 3.05) is 12.9 Å². The molecule has 15 heteroatoms. The Bertz CT molecular complexity index is 3480. The van der Waals surface area contributed by atoms with Crippen molar-refractivity contribution in [3.63, 3.8) is 0 Å². The first-order chi connectivity index (χ1) is 36.2. The normalized spacial score (nSPS) is 12.7. The van der Waals surface area contributed by atoms with Gasteiger partial charge >= 0.3 is 11.9 Å². The Balaban J connectivity index is 0.921. The van der Waals surface area contributed by atoms with Crippen LogP contribution in [-0.4, -0.2) is 52.6 Å².